The van der Waals surface area contributed by atoms with Crippen molar-refractivity contribution in [1.82, 2.24) is 0 Å². The second-order valence-electron chi connectivity index (χ2n) is 5.24. The molecule has 156 valence electrons. The fourth-order valence-electron chi connectivity index (χ4n) is 2.10. The topological polar surface area (TPSA) is 44.8 Å². The van der Waals surface area contributed by atoms with Gasteiger partial charge in [0.25, 0.3) is 0 Å². The van der Waals surface area contributed by atoms with Gasteiger partial charge in [0.1, 0.15) is 0 Å². The third-order valence-corrected chi connectivity index (χ3v) is 6.21. The van der Waals surface area contributed by atoms with Crippen molar-refractivity contribution in [3.63, 3.8) is 0 Å². The van der Waals surface area contributed by atoms with Gasteiger partial charge in [-0.25, -0.2) is 4.57 Å². The third kappa shape index (κ3) is 6.72. The van der Waals surface area contributed by atoms with Gasteiger partial charge in [0.15, 0.2) is 11.5 Å². The molecule has 0 spiro atoms. The fraction of sp³-hybridized carbons (Fsp3) is 0.111. The highest BCUT2D eigenvalue weighted by Crippen LogP contribution is 2.56. The van der Waals surface area contributed by atoms with Crippen molar-refractivity contribution in [1.29, 1.82) is 0 Å². The first-order chi connectivity index (χ1) is 13.7. The minimum Gasteiger partial charge on any atom is -0.393 e. The van der Waals surface area contributed by atoms with Crippen LogP contribution >= 0.6 is 77.4 Å². The quantitative estimate of drug-likeness (QED) is 0.249. The Labute approximate surface area is 198 Å². The molecule has 0 unspecified atom stereocenters. The number of rotatable bonds is 8. The monoisotopic (exact) mass is 534 g/mol. The lowest BCUT2D eigenvalue weighted by Gasteiger charge is -2.22. The van der Waals surface area contributed by atoms with Crippen LogP contribution < -0.4 is 0 Å². The first-order valence-corrected chi connectivity index (χ1v) is 11.7. The number of hydrogen-bond donors (Lipinski definition) is 0. The standard InChI is InChI=1S/C18H13Cl6O4P/c1-2-26-29(25,27-17(9-19)13-5-3-11(21)7-15(13)23)28-18(10-20)14-6-4-12(22)8-16(14)24/h3-10H,2H2,1H3/b17-9+,18-10+. The molecule has 29 heavy (non-hydrogen) atoms. The molecular formula is C18H13Cl6O4P. The molecule has 0 saturated heterocycles. The molecule has 0 atom stereocenters. The van der Waals surface area contributed by atoms with Crippen molar-refractivity contribution in [3.8, 4) is 0 Å². The smallest absolute Gasteiger partial charge is 0.393 e. The molecule has 0 aliphatic rings. The maximum Gasteiger partial charge on any atom is 0.587 e. The van der Waals surface area contributed by atoms with Gasteiger partial charge in [0, 0.05) is 32.2 Å². The zero-order chi connectivity index (χ0) is 21.6. The molecule has 0 saturated carbocycles. The van der Waals surface area contributed by atoms with Crippen LogP contribution in [-0.4, -0.2) is 6.61 Å². The summed E-state index contributed by atoms with van der Waals surface area (Å²) < 4.78 is 29.5. The molecule has 0 aliphatic heterocycles. The Morgan fingerprint density at radius 2 is 1.28 bits per heavy atom. The summed E-state index contributed by atoms with van der Waals surface area (Å²) in [6.07, 6.45) is 0. The average molecular weight is 537 g/mol. The molecule has 0 bridgehead atoms. The zero-order valence-corrected chi connectivity index (χ0v) is 20.1. The average Bonchev–Trinajstić information content (AvgIpc) is 2.65. The maximum atomic E-state index is 13.3. The van der Waals surface area contributed by atoms with Crippen LogP contribution in [0.5, 0.6) is 0 Å². The van der Waals surface area contributed by atoms with Crippen molar-refractivity contribution >= 4 is 88.9 Å². The Hall–Kier alpha value is -0.550. The molecule has 0 radical (unpaired) electrons. The van der Waals surface area contributed by atoms with Crippen LogP contribution in [0.25, 0.3) is 11.5 Å². The SMILES string of the molecule is CCOP(=O)(O/C(=C/Cl)c1ccc(Cl)cc1Cl)O/C(=C/Cl)c1ccc(Cl)cc1Cl. The van der Waals surface area contributed by atoms with Gasteiger partial charge < -0.3 is 9.05 Å². The van der Waals surface area contributed by atoms with E-state index in [4.69, 9.17) is 83.2 Å². The summed E-state index contributed by atoms with van der Waals surface area (Å²) in [6.45, 7) is 1.61. The predicted octanol–water partition coefficient (Wildman–Crippen LogP) is 9.25. The fourth-order valence-corrected chi connectivity index (χ4v) is 4.80. The van der Waals surface area contributed by atoms with E-state index in [0.717, 1.165) is 11.1 Å². The summed E-state index contributed by atoms with van der Waals surface area (Å²) in [5.41, 5.74) is 2.75. The number of phosphoric acid groups is 1. The van der Waals surface area contributed by atoms with Crippen LogP contribution in [0.3, 0.4) is 0 Å². The first-order valence-electron chi connectivity index (χ1n) is 7.88. The highest BCUT2D eigenvalue weighted by Gasteiger charge is 2.34. The van der Waals surface area contributed by atoms with Gasteiger partial charge in [-0.3, -0.25) is 4.52 Å². The minimum absolute atomic E-state index is 0.00507. The van der Waals surface area contributed by atoms with Crippen molar-refractivity contribution in [2.75, 3.05) is 6.61 Å². The number of phosphoric ester groups is 1. The summed E-state index contributed by atoms with van der Waals surface area (Å²) in [4.78, 5) is 0. The Morgan fingerprint density at radius 3 is 1.59 bits per heavy atom. The van der Waals surface area contributed by atoms with Gasteiger partial charge in [-0.05, 0) is 43.3 Å². The predicted molar refractivity (Wildman–Crippen MR) is 122 cm³/mol. The Morgan fingerprint density at radius 1 is 0.862 bits per heavy atom. The van der Waals surface area contributed by atoms with Crippen LogP contribution in [0, 0.1) is 0 Å². The Bertz CT molecular complexity index is 919. The highest BCUT2D eigenvalue weighted by atomic mass is 35.5. The molecule has 2 aromatic carbocycles. The van der Waals surface area contributed by atoms with Crippen LogP contribution in [0.15, 0.2) is 47.5 Å². The largest absolute Gasteiger partial charge is 0.587 e. The summed E-state index contributed by atoms with van der Waals surface area (Å²) in [5, 5.41) is 1.26. The molecular weight excluding hydrogens is 524 g/mol. The van der Waals surface area contributed by atoms with Gasteiger partial charge >= 0.3 is 7.82 Å². The van der Waals surface area contributed by atoms with Crippen LogP contribution in [0.4, 0.5) is 0 Å². The molecule has 0 fully saturated rings. The van der Waals surface area contributed by atoms with Gasteiger partial charge in [-0.1, -0.05) is 69.6 Å². The third-order valence-electron chi connectivity index (χ3n) is 3.30. The van der Waals surface area contributed by atoms with Gasteiger partial charge in [-0.15, -0.1) is 0 Å². The van der Waals surface area contributed by atoms with E-state index in [-0.39, 0.29) is 28.2 Å². The molecule has 0 amide bonds. The van der Waals surface area contributed by atoms with Crippen LogP contribution in [0.1, 0.15) is 18.1 Å². The van der Waals surface area contributed by atoms with Gasteiger partial charge in [0.05, 0.1) is 16.7 Å². The van der Waals surface area contributed by atoms with Crippen molar-refractivity contribution < 1.29 is 18.1 Å². The van der Waals surface area contributed by atoms with Crippen LogP contribution in [0.2, 0.25) is 20.1 Å². The molecule has 0 N–H and O–H groups in total. The summed E-state index contributed by atoms with van der Waals surface area (Å²) in [5.74, 6) is -0.109. The van der Waals surface area contributed by atoms with E-state index < -0.39 is 7.82 Å². The molecule has 4 nitrogen and oxygen atoms in total. The molecule has 11 heteroatoms. The van der Waals surface area contributed by atoms with Gasteiger partial charge in [-0.2, -0.15) is 0 Å². The van der Waals surface area contributed by atoms with Crippen molar-refractivity contribution in [3.05, 3.63) is 78.7 Å². The minimum atomic E-state index is -4.25. The number of halogens is 6. The molecule has 2 rings (SSSR count). The molecule has 2 aromatic rings. The van der Waals surface area contributed by atoms with E-state index in [1.165, 1.54) is 12.1 Å². The number of benzene rings is 2. The first kappa shape index (κ1) is 24.7. The van der Waals surface area contributed by atoms with E-state index in [1.807, 2.05) is 0 Å². The lowest BCUT2D eigenvalue weighted by molar-refractivity contribution is 0.200. The highest BCUT2D eigenvalue weighted by molar-refractivity contribution is 7.49. The molecule has 0 aliphatic carbocycles. The summed E-state index contributed by atoms with van der Waals surface area (Å²) in [6, 6.07) is 9.18. The van der Waals surface area contributed by atoms with E-state index in [2.05, 4.69) is 0 Å². The Balaban J connectivity index is 2.37. The second-order valence-corrected chi connectivity index (χ2v) is 8.88. The van der Waals surface area contributed by atoms with E-state index in [1.54, 1.807) is 31.2 Å². The molecule has 0 heterocycles. The van der Waals surface area contributed by atoms with E-state index >= 15 is 0 Å². The van der Waals surface area contributed by atoms with Crippen molar-refractivity contribution in [2.24, 2.45) is 0 Å². The van der Waals surface area contributed by atoms with E-state index in [9.17, 15) is 4.57 Å². The lowest BCUT2D eigenvalue weighted by atomic mass is 10.2. The molecule has 0 aromatic heterocycles. The van der Waals surface area contributed by atoms with E-state index in [0.29, 0.717) is 21.2 Å². The normalized spacial score (nSPS) is 12.8. The Kier molecular flexibility index (Phi) is 9.53. The number of hydrogen-bond acceptors (Lipinski definition) is 4. The van der Waals surface area contributed by atoms with Crippen LogP contribution in [-0.2, 0) is 18.1 Å². The summed E-state index contributed by atoms with van der Waals surface area (Å²) >= 11 is 35.9. The van der Waals surface area contributed by atoms with Gasteiger partial charge in [0.2, 0.25) is 0 Å². The second kappa shape index (κ2) is 11.2. The summed E-state index contributed by atoms with van der Waals surface area (Å²) in [7, 11) is -4.25. The van der Waals surface area contributed by atoms with Crippen molar-refractivity contribution in [2.45, 2.75) is 6.92 Å². The lowest BCUT2D eigenvalue weighted by Crippen LogP contribution is -2.01. The maximum absolute atomic E-state index is 13.3. The zero-order valence-electron chi connectivity index (χ0n) is 14.7.